The van der Waals surface area contributed by atoms with Crippen molar-refractivity contribution < 1.29 is 18.5 Å². The highest BCUT2D eigenvalue weighted by atomic mass is 79.9. The summed E-state index contributed by atoms with van der Waals surface area (Å²) in [5.41, 5.74) is 11.2. The molecule has 2 aromatic heterocycles. The van der Waals surface area contributed by atoms with Gasteiger partial charge in [0.25, 0.3) is 0 Å². The van der Waals surface area contributed by atoms with Gasteiger partial charge < -0.3 is 18.5 Å². The maximum Gasteiger partial charge on any atom is 0.569 e. The summed E-state index contributed by atoms with van der Waals surface area (Å²) in [4.78, 5) is 0. The van der Waals surface area contributed by atoms with Crippen LogP contribution in [-0.4, -0.2) is 12.7 Å². The molecular formula is C80H49BBrO4. The Labute approximate surface area is 503 Å². The molecule has 16 aromatic carbocycles. The van der Waals surface area contributed by atoms with Crippen molar-refractivity contribution in [3.05, 3.63) is 296 Å². The van der Waals surface area contributed by atoms with Crippen LogP contribution in [0.1, 0.15) is 0 Å². The summed E-state index contributed by atoms with van der Waals surface area (Å²) in [6, 6.07) is 102. The monoisotopic (exact) mass is 1160 g/mol. The van der Waals surface area contributed by atoms with Crippen molar-refractivity contribution in [3.63, 3.8) is 0 Å². The number of halogens is 1. The largest absolute Gasteiger partial charge is 0.569 e. The molecule has 86 heavy (non-hydrogen) atoms. The molecule has 0 bridgehead atoms. The van der Waals surface area contributed by atoms with Gasteiger partial charge in [-0.15, -0.1) is 0 Å². The fourth-order valence-electron chi connectivity index (χ4n) is 13.4. The van der Waals surface area contributed by atoms with E-state index in [-0.39, 0.29) is 0 Å². The zero-order valence-electron chi connectivity index (χ0n) is 46.3. The molecule has 0 aliphatic carbocycles. The number of benzene rings is 16. The van der Waals surface area contributed by atoms with Crippen LogP contribution in [0.5, 0.6) is 5.75 Å². The second-order valence-electron chi connectivity index (χ2n) is 21.7. The molecule has 18 rings (SSSR count). The zero-order valence-corrected chi connectivity index (χ0v) is 47.9. The Kier molecular flexibility index (Phi) is 12.7. The zero-order chi connectivity index (χ0) is 57.2. The molecule has 0 saturated heterocycles. The molecule has 2 heterocycles. The summed E-state index contributed by atoms with van der Waals surface area (Å²) < 4.78 is 19.1. The molecule has 0 aliphatic rings. The minimum Gasteiger partial charge on any atom is -0.537 e. The van der Waals surface area contributed by atoms with E-state index >= 15 is 0 Å². The van der Waals surface area contributed by atoms with Crippen molar-refractivity contribution >= 4 is 154 Å². The predicted octanol–water partition coefficient (Wildman–Crippen LogP) is 22.8. The number of hydrogen-bond acceptors (Lipinski definition) is 4. The third kappa shape index (κ3) is 8.40. The Morgan fingerprint density at radius 2 is 0.581 bits per heavy atom. The maximum absolute atomic E-state index is 9.32. The van der Waals surface area contributed by atoms with Crippen LogP contribution in [0.2, 0.25) is 0 Å². The summed E-state index contributed by atoms with van der Waals surface area (Å²) in [5.74, 6) is 0.674. The Morgan fingerprint density at radius 1 is 0.267 bits per heavy atom. The van der Waals surface area contributed by atoms with Gasteiger partial charge in [0.05, 0.1) is 0 Å². The lowest BCUT2D eigenvalue weighted by atomic mass is 9.83. The second-order valence-corrected chi connectivity index (χ2v) is 22.6. The standard InChI is InChI=1S/C40H24O.C24H16BO2.C16H9BrO/c1-2-14-26-25(12-1)13-11-22-29(26)38-30-17-4-6-19-32(30)39(33-20-7-5-18-31(33)38)35-24-36-28-16-9-10-23-37(28)41-40(36)34-21-8-3-15-27(34)35;26-25-27-24-21-13-5-3-11-19(21)23(20-12-4-6-14-22(20)24)18-15-7-9-16-8-1-2-10-17(16)18;17-14-9-13-11-6-3-4-8-15(11)18-16(13)12-7-2-1-5-10(12)14/h1-24H;1-15,26H;1-9H. The molecule has 18 aromatic rings. The summed E-state index contributed by atoms with van der Waals surface area (Å²) in [6.07, 6.45) is 0. The molecule has 0 unspecified atom stereocenters. The van der Waals surface area contributed by atoms with Crippen LogP contribution in [-0.2, 0) is 0 Å². The van der Waals surface area contributed by atoms with Gasteiger partial charge in [0.2, 0.25) is 0 Å². The van der Waals surface area contributed by atoms with Gasteiger partial charge >= 0.3 is 7.69 Å². The first-order valence-electron chi connectivity index (χ1n) is 28.9. The molecular weight excluding hydrogens is 1120 g/mol. The predicted molar refractivity (Wildman–Crippen MR) is 367 cm³/mol. The lowest BCUT2D eigenvalue weighted by Gasteiger charge is -2.20. The number of fused-ring (bicyclic) bond motifs is 16. The Bertz CT molecular complexity index is 5600. The first-order chi connectivity index (χ1) is 42.6. The number of hydrogen-bond donors (Lipinski definition) is 1. The fraction of sp³-hybridized carbons (Fsp3) is 0. The van der Waals surface area contributed by atoms with E-state index in [0.29, 0.717) is 5.75 Å². The Morgan fingerprint density at radius 3 is 1.03 bits per heavy atom. The molecule has 0 amide bonds. The normalized spacial score (nSPS) is 11.6. The smallest absolute Gasteiger partial charge is 0.537 e. The Balaban J connectivity index is 0.000000114. The molecule has 1 N–H and O–H groups in total. The van der Waals surface area contributed by atoms with E-state index < -0.39 is 0 Å². The molecule has 6 heteroatoms. The molecule has 4 nitrogen and oxygen atoms in total. The second kappa shape index (κ2) is 21.3. The first kappa shape index (κ1) is 51.2. The van der Waals surface area contributed by atoms with E-state index in [1.807, 2.05) is 72.8 Å². The van der Waals surface area contributed by atoms with Crippen LogP contribution in [0.3, 0.4) is 0 Å². The number of para-hydroxylation sites is 2. The molecule has 0 atom stereocenters. The van der Waals surface area contributed by atoms with Crippen LogP contribution in [0.4, 0.5) is 0 Å². The summed E-state index contributed by atoms with van der Waals surface area (Å²) in [5, 5.41) is 32.8. The average Bonchev–Trinajstić information content (AvgIpc) is 1.28. The highest BCUT2D eigenvalue weighted by Gasteiger charge is 2.23. The summed E-state index contributed by atoms with van der Waals surface area (Å²) in [7, 11) is 0.756. The molecule has 0 spiro atoms. The molecule has 1 radical (unpaired) electrons. The van der Waals surface area contributed by atoms with Gasteiger partial charge in [0.15, 0.2) is 0 Å². The van der Waals surface area contributed by atoms with Gasteiger partial charge in [0, 0.05) is 47.6 Å². The molecule has 0 fully saturated rings. The summed E-state index contributed by atoms with van der Waals surface area (Å²) in [6.45, 7) is 0. The van der Waals surface area contributed by atoms with Crippen molar-refractivity contribution in [3.8, 4) is 39.1 Å². The fourth-order valence-corrected chi connectivity index (χ4v) is 14.0. The van der Waals surface area contributed by atoms with Gasteiger partial charge in [-0.3, -0.25) is 0 Å². The Hall–Kier alpha value is -10.5. The lowest BCUT2D eigenvalue weighted by Crippen LogP contribution is -2.02. The van der Waals surface area contributed by atoms with Crippen LogP contribution >= 0.6 is 15.9 Å². The highest BCUT2D eigenvalue weighted by Crippen LogP contribution is 2.50. The van der Waals surface area contributed by atoms with Crippen LogP contribution in [0.25, 0.3) is 163 Å². The van der Waals surface area contributed by atoms with E-state index in [2.05, 4.69) is 234 Å². The van der Waals surface area contributed by atoms with E-state index in [1.54, 1.807) is 0 Å². The van der Waals surface area contributed by atoms with Crippen molar-refractivity contribution in [2.45, 2.75) is 0 Å². The molecule has 403 valence electrons. The van der Waals surface area contributed by atoms with Crippen LogP contribution in [0, 0.1) is 0 Å². The highest BCUT2D eigenvalue weighted by molar-refractivity contribution is 9.10. The number of furan rings is 2. The van der Waals surface area contributed by atoms with Crippen LogP contribution in [0.15, 0.2) is 304 Å². The van der Waals surface area contributed by atoms with E-state index in [9.17, 15) is 5.02 Å². The average molecular weight is 1160 g/mol. The van der Waals surface area contributed by atoms with Crippen molar-refractivity contribution in [2.75, 3.05) is 0 Å². The van der Waals surface area contributed by atoms with Crippen molar-refractivity contribution in [2.24, 2.45) is 0 Å². The van der Waals surface area contributed by atoms with Crippen molar-refractivity contribution in [1.29, 1.82) is 0 Å². The van der Waals surface area contributed by atoms with E-state index in [4.69, 9.17) is 13.5 Å². The van der Waals surface area contributed by atoms with E-state index in [0.717, 1.165) is 83.0 Å². The van der Waals surface area contributed by atoms with Crippen LogP contribution < -0.4 is 4.65 Å². The SMILES string of the molecule is Brc1cc2c3ccccc3oc2c2ccccc12.O[B]Oc1c2ccccc2c(-c2cccc3ccccc23)c2ccccc12.c1ccc2c(-c3c4ccccc4c(-c4cc5c6ccccc6oc5c5ccccc45)c4ccccc34)cccc2c1. The summed E-state index contributed by atoms with van der Waals surface area (Å²) >= 11 is 3.65. The third-order valence-corrected chi connectivity index (χ3v) is 17.7. The van der Waals surface area contributed by atoms with Gasteiger partial charge in [-0.1, -0.05) is 283 Å². The number of rotatable bonds is 5. The van der Waals surface area contributed by atoms with Gasteiger partial charge in [-0.25, -0.2) is 0 Å². The lowest BCUT2D eigenvalue weighted by molar-refractivity contribution is 0.459. The van der Waals surface area contributed by atoms with Gasteiger partial charge in [0.1, 0.15) is 28.1 Å². The molecule has 0 aliphatic heterocycles. The minimum absolute atomic E-state index is 0.674. The van der Waals surface area contributed by atoms with Gasteiger partial charge in [-0.2, -0.15) is 0 Å². The maximum atomic E-state index is 9.32. The first-order valence-corrected chi connectivity index (χ1v) is 29.7. The minimum atomic E-state index is 0.674. The van der Waals surface area contributed by atoms with Crippen molar-refractivity contribution in [1.82, 2.24) is 0 Å². The molecule has 0 saturated carbocycles. The van der Waals surface area contributed by atoms with E-state index in [1.165, 1.54) is 92.6 Å². The topological polar surface area (TPSA) is 55.7 Å². The third-order valence-electron chi connectivity index (χ3n) is 17.1. The van der Waals surface area contributed by atoms with Gasteiger partial charge in [-0.05, 0) is 122 Å². The quantitative estimate of drug-likeness (QED) is 0.138.